The van der Waals surface area contributed by atoms with E-state index in [0.717, 1.165) is 11.1 Å². The lowest BCUT2D eigenvalue weighted by molar-refractivity contribution is -0.123. The summed E-state index contributed by atoms with van der Waals surface area (Å²) in [4.78, 5) is 36.4. The number of benzene rings is 3. The number of carbonyl (C=O) groups is 3. The standard InChI is InChI=1S/C31H33N3O6.CH2O2/c1-37-25-13-11-23-16-28(25)39-20-30(35)32-17-22-10-12-26(27(15-22)38-2)40-29-19-34(18-24(29)33-31(23)36)14-6-9-21-7-4-3-5-8-21;2-1-3/h3-13,15-16,24,29H,14,17-20H2,1-2H3,(H,32,35)(H,33,36);1H,(H,2,3)/t24-,29-;/m0./s1. The fourth-order valence-corrected chi connectivity index (χ4v) is 4.82. The number of likely N-dealkylation sites (tertiary alicyclic amines) is 1. The second kappa shape index (κ2) is 15.3. The fourth-order valence-electron chi connectivity index (χ4n) is 4.82. The lowest BCUT2D eigenvalue weighted by atomic mass is 10.1. The van der Waals surface area contributed by atoms with Gasteiger partial charge in [-0.3, -0.25) is 19.3 Å². The number of nitrogens with zero attached hydrogens (tertiary/aromatic N) is 1. The van der Waals surface area contributed by atoms with Gasteiger partial charge < -0.3 is 34.7 Å². The summed E-state index contributed by atoms with van der Waals surface area (Å²) in [7, 11) is 3.09. The van der Waals surface area contributed by atoms with Gasteiger partial charge in [0.2, 0.25) is 0 Å². The molecule has 6 rings (SSSR count). The Morgan fingerprint density at radius 1 is 0.977 bits per heavy atom. The monoisotopic (exact) mass is 589 g/mol. The van der Waals surface area contributed by atoms with Crippen LogP contribution in [0.25, 0.3) is 6.08 Å². The van der Waals surface area contributed by atoms with Crippen LogP contribution in [0.3, 0.4) is 0 Å². The number of carboxylic acid groups (broad SMARTS) is 1. The first-order valence-corrected chi connectivity index (χ1v) is 13.7. The number of hydrogen-bond donors (Lipinski definition) is 3. The summed E-state index contributed by atoms with van der Waals surface area (Å²) in [6.45, 7) is 1.74. The Hall–Kier alpha value is -5.03. The van der Waals surface area contributed by atoms with Crippen molar-refractivity contribution in [3.63, 3.8) is 0 Å². The van der Waals surface area contributed by atoms with Gasteiger partial charge in [-0.2, -0.15) is 0 Å². The summed E-state index contributed by atoms with van der Waals surface area (Å²) >= 11 is 0. The van der Waals surface area contributed by atoms with Crippen molar-refractivity contribution in [1.29, 1.82) is 0 Å². The average Bonchev–Trinajstić information content (AvgIpc) is 3.40. The lowest BCUT2D eigenvalue weighted by Gasteiger charge is -2.23. The molecule has 0 unspecified atom stereocenters. The zero-order valence-electron chi connectivity index (χ0n) is 24.0. The number of ether oxygens (including phenoxy) is 4. The molecule has 3 aliphatic rings. The smallest absolute Gasteiger partial charge is 0.290 e. The maximum atomic E-state index is 13.4. The normalized spacial score (nSPS) is 18.6. The van der Waals surface area contributed by atoms with Gasteiger partial charge in [-0.1, -0.05) is 48.6 Å². The zero-order valence-corrected chi connectivity index (χ0v) is 24.0. The highest BCUT2D eigenvalue weighted by atomic mass is 16.5. The minimum Gasteiger partial charge on any atom is -0.493 e. The minimum atomic E-state index is -0.321. The third kappa shape index (κ3) is 8.49. The molecule has 0 aromatic heterocycles. The molecule has 2 atom stereocenters. The molecular weight excluding hydrogens is 554 g/mol. The molecule has 3 aromatic rings. The Labute approximate surface area is 250 Å². The molecule has 43 heavy (non-hydrogen) atoms. The number of carbonyl (C=O) groups excluding carboxylic acids is 2. The molecule has 1 fully saturated rings. The predicted molar refractivity (Wildman–Crippen MR) is 160 cm³/mol. The highest BCUT2D eigenvalue weighted by Gasteiger charge is 2.36. The number of rotatable bonds is 5. The Kier molecular flexibility index (Phi) is 11.0. The van der Waals surface area contributed by atoms with E-state index in [4.69, 9.17) is 28.8 Å². The van der Waals surface area contributed by atoms with Crippen molar-refractivity contribution in [3.8, 4) is 23.0 Å². The molecule has 3 heterocycles. The van der Waals surface area contributed by atoms with E-state index in [1.165, 1.54) is 7.11 Å². The molecule has 0 spiro atoms. The molecule has 3 aromatic carbocycles. The quantitative estimate of drug-likeness (QED) is 0.384. The van der Waals surface area contributed by atoms with Gasteiger partial charge >= 0.3 is 0 Å². The van der Waals surface area contributed by atoms with Crippen LogP contribution in [-0.4, -0.2) is 80.9 Å². The summed E-state index contributed by atoms with van der Waals surface area (Å²) in [6, 6.07) is 20.3. The number of amides is 2. The van der Waals surface area contributed by atoms with E-state index in [0.29, 0.717) is 54.7 Å². The van der Waals surface area contributed by atoms with Crippen LogP contribution in [-0.2, 0) is 16.1 Å². The van der Waals surface area contributed by atoms with Crippen molar-refractivity contribution in [1.82, 2.24) is 15.5 Å². The molecule has 0 saturated carbocycles. The molecule has 11 heteroatoms. The van der Waals surface area contributed by atoms with Gasteiger partial charge in [0.15, 0.2) is 29.6 Å². The second-order valence-corrected chi connectivity index (χ2v) is 9.79. The molecule has 1 saturated heterocycles. The van der Waals surface area contributed by atoms with Crippen LogP contribution in [0.1, 0.15) is 21.5 Å². The zero-order chi connectivity index (χ0) is 30.6. The summed E-state index contributed by atoms with van der Waals surface area (Å²) in [6.07, 6.45) is 3.88. The molecule has 4 bridgehead atoms. The van der Waals surface area contributed by atoms with E-state index < -0.39 is 0 Å². The van der Waals surface area contributed by atoms with E-state index in [1.54, 1.807) is 25.3 Å². The van der Waals surface area contributed by atoms with Gasteiger partial charge in [0.05, 0.1) is 20.3 Å². The number of methoxy groups -OCH3 is 2. The summed E-state index contributed by atoms with van der Waals surface area (Å²) in [5, 5.41) is 12.9. The second-order valence-electron chi connectivity index (χ2n) is 9.79. The van der Waals surface area contributed by atoms with Crippen LogP contribution in [0.5, 0.6) is 23.0 Å². The van der Waals surface area contributed by atoms with Crippen LogP contribution in [0, 0.1) is 0 Å². The van der Waals surface area contributed by atoms with Gasteiger partial charge in [0, 0.05) is 31.7 Å². The van der Waals surface area contributed by atoms with Crippen LogP contribution < -0.4 is 29.6 Å². The Bertz CT molecular complexity index is 1430. The van der Waals surface area contributed by atoms with E-state index >= 15 is 0 Å². The number of hydrogen-bond acceptors (Lipinski definition) is 8. The lowest BCUT2D eigenvalue weighted by Crippen LogP contribution is -2.45. The number of nitrogens with one attached hydrogen (secondary N) is 2. The van der Waals surface area contributed by atoms with E-state index in [2.05, 4.69) is 39.8 Å². The van der Waals surface area contributed by atoms with Crippen LogP contribution in [0.4, 0.5) is 0 Å². The predicted octanol–water partition coefficient (Wildman–Crippen LogP) is 2.99. The van der Waals surface area contributed by atoms with Crippen molar-refractivity contribution < 1.29 is 38.4 Å². The first-order chi connectivity index (χ1) is 20.9. The minimum absolute atomic E-state index is 0.226. The van der Waals surface area contributed by atoms with Crippen molar-refractivity contribution in [2.24, 2.45) is 0 Å². The third-order valence-electron chi connectivity index (χ3n) is 6.91. The van der Waals surface area contributed by atoms with Crippen LogP contribution >= 0.6 is 0 Å². The average molecular weight is 590 g/mol. The molecule has 226 valence electrons. The maximum Gasteiger partial charge on any atom is 0.290 e. The van der Waals surface area contributed by atoms with Crippen molar-refractivity contribution in [3.05, 3.63) is 89.5 Å². The molecule has 0 aliphatic carbocycles. The van der Waals surface area contributed by atoms with Gasteiger partial charge in [-0.05, 0) is 41.5 Å². The maximum absolute atomic E-state index is 13.4. The summed E-state index contributed by atoms with van der Waals surface area (Å²) in [5.74, 6) is 1.28. The van der Waals surface area contributed by atoms with Crippen molar-refractivity contribution in [2.75, 3.05) is 40.5 Å². The van der Waals surface area contributed by atoms with Crippen LogP contribution in [0.2, 0.25) is 0 Å². The van der Waals surface area contributed by atoms with Crippen LogP contribution in [0.15, 0.2) is 72.8 Å². The Morgan fingerprint density at radius 2 is 1.74 bits per heavy atom. The van der Waals surface area contributed by atoms with Gasteiger partial charge in [0.1, 0.15) is 6.10 Å². The first kappa shape index (κ1) is 30.9. The molecule has 11 nitrogen and oxygen atoms in total. The third-order valence-corrected chi connectivity index (χ3v) is 6.91. The highest BCUT2D eigenvalue weighted by Crippen LogP contribution is 2.32. The molecule has 3 aliphatic heterocycles. The summed E-state index contributed by atoms with van der Waals surface area (Å²) < 4.78 is 23.2. The SMILES string of the molecule is COc1ccc2cc1OCC(=O)NCc1ccc(c(OC)c1)O[C@H]1CN(CC=Cc3ccccc3)C[C@@H]1NC2=O.O=CO. The first-order valence-electron chi connectivity index (χ1n) is 13.7. The fraction of sp³-hybridized carbons (Fsp3) is 0.281. The Morgan fingerprint density at radius 3 is 2.49 bits per heavy atom. The van der Waals surface area contributed by atoms with Crippen molar-refractivity contribution in [2.45, 2.75) is 18.7 Å². The molecule has 0 radical (unpaired) electrons. The van der Waals surface area contributed by atoms with E-state index in [-0.39, 0.29) is 37.0 Å². The Balaban J connectivity index is 0.00000135. The molecular formula is C32H35N3O8. The van der Waals surface area contributed by atoms with Gasteiger partial charge in [-0.15, -0.1) is 0 Å². The molecule has 3 N–H and O–H groups in total. The van der Waals surface area contributed by atoms with Crippen molar-refractivity contribution >= 4 is 24.4 Å². The van der Waals surface area contributed by atoms with Gasteiger partial charge in [0.25, 0.3) is 18.3 Å². The topological polar surface area (TPSA) is 136 Å². The number of fused-ring (bicyclic) bond motifs is 7. The largest absolute Gasteiger partial charge is 0.493 e. The van der Waals surface area contributed by atoms with E-state index in [1.807, 2.05) is 36.4 Å². The van der Waals surface area contributed by atoms with E-state index in [9.17, 15) is 9.59 Å². The van der Waals surface area contributed by atoms with Gasteiger partial charge in [-0.25, -0.2) is 0 Å². The molecule has 2 amide bonds. The highest BCUT2D eigenvalue weighted by molar-refractivity contribution is 5.95. The summed E-state index contributed by atoms with van der Waals surface area (Å²) in [5.41, 5.74) is 2.37.